The van der Waals surface area contributed by atoms with Gasteiger partial charge >= 0.3 is 11.9 Å². The SMILES string of the molecule is CCCCC(CC)COc1cc(C(=O)OC)c(OC)cc1C(=O)OC. The summed E-state index contributed by atoms with van der Waals surface area (Å²) < 4.78 is 20.7. The third-order valence-electron chi connectivity index (χ3n) is 4.13. The van der Waals surface area contributed by atoms with Crippen molar-refractivity contribution in [2.24, 2.45) is 5.92 Å². The van der Waals surface area contributed by atoms with Crippen LogP contribution in [0.2, 0.25) is 0 Å². The molecule has 0 spiro atoms. The summed E-state index contributed by atoms with van der Waals surface area (Å²) in [5.41, 5.74) is 0.423. The van der Waals surface area contributed by atoms with Gasteiger partial charge in [-0.05, 0) is 24.5 Å². The smallest absolute Gasteiger partial charge is 0.341 e. The van der Waals surface area contributed by atoms with E-state index in [2.05, 4.69) is 13.8 Å². The molecule has 140 valence electrons. The van der Waals surface area contributed by atoms with Gasteiger partial charge in [-0.1, -0.05) is 33.1 Å². The summed E-state index contributed by atoms with van der Waals surface area (Å²) in [6.45, 7) is 4.72. The molecule has 0 aliphatic rings. The van der Waals surface area contributed by atoms with Crippen LogP contribution in [0.4, 0.5) is 0 Å². The summed E-state index contributed by atoms with van der Waals surface area (Å²) in [5.74, 6) is -0.197. The van der Waals surface area contributed by atoms with Crippen LogP contribution in [-0.2, 0) is 9.47 Å². The van der Waals surface area contributed by atoms with Gasteiger partial charge in [0.25, 0.3) is 0 Å². The van der Waals surface area contributed by atoms with Gasteiger partial charge in [0.15, 0.2) is 0 Å². The number of unbranched alkanes of at least 4 members (excludes halogenated alkanes) is 1. The van der Waals surface area contributed by atoms with Gasteiger partial charge in [0.2, 0.25) is 0 Å². The van der Waals surface area contributed by atoms with Crippen LogP contribution in [-0.4, -0.2) is 39.9 Å². The van der Waals surface area contributed by atoms with Crippen molar-refractivity contribution in [2.75, 3.05) is 27.9 Å². The second kappa shape index (κ2) is 10.6. The maximum absolute atomic E-state index is 12.1. The first kappa shape index (κ1) is 20.8. The quantitative estimate of drug-likeness (QED) is 0.595. The topological polar surface area (TPSA) is 71.1 Å². The van der Waals surface area contributed by atoms with Crippen LogP contribution < -0.4 is 9.47 Å². The Bertz CT molecular complexity index is 582. The van der Waals surface area contributed by atoms with Crippen LogP contribution >= 0.6 is 0 Å². The minimum absolute atomic E-state index is 0.203. The van der Waals surface area contributed by atoms with Crippen molar-refractivity contribution in [3.63, 3.8) is 0 Å². The second-order valence-corrected chi connectivity index (χ2v) is 5.76. The van der Waals surface area contributed by atoms with E-state index in [1.54, 1.807) is 0 Å². The molecule has 1 rings (SSSR count). The third-order valence-corrected chi connectivity index (χ3v) is 4.13. The molecule has 1 aromatic carbocycles. The van der Waals surface area contributed by atoms with E-state index in [4.69, 9.17) is 18.9 Å². The molecule has 1 aromatic rings. The Morgan fingerprint density at radius 3 is 2.00 bits per heavy atom. The summed E-state index contributed by atoms with van der Waals surface area (Å²) in [6, 6.07) is 2.92. The van der Waals surface area contributed by atoms with Gasteiger partial charge in [-0.25, -0.2) is 9.59 Å². The third kappa shape index (κ3) is 5.66. The van der Waals surface area contributed by atoms with Crippen molar-refractivity contribution < 1.29 is 28.5 Å². The van der Waals surface area contributed by atoms with E-state index < -0.39 is 11.9 Å². The average Bonchev–Trinajstić information content (AvgIpc) is 2.66. The summed E-state index contributed by atoms with van der Waals surface area (Å²) in [7, 11) is 4.00. The number of benzene rings is 1. The lowest BCUT2D eigenvalue weighted by Crippen LogP contribution is -2.15. The molecule has 1 atom stereocenters. The minimum atomic E-state index is -0.559. The highest BCUT2D eigenvalue weighted by Gasteiger charge is 2.22. The van der Waals surface area contributed by atoms with E-state index >= 15 is 0 Å². The highest BCUT2D eigenvalue weighted by Crippen LogP contribution is 2.31. The average molecular weight is 352 g/mol. The zero-order chi connectivity index (χ0) is 18.8. The molecule has 0 amide bonds. The number of ether oxygens (including phenoxy) is 4. The largest absolute Gasteiger partial charge is 0.496 e. The van der Waals surface area contributed by atoms with E-state index in [1.807, 2.05) is 0 Å². The number of carbonyl (C=O) groups excluding carboxylic acids is 2. The zero-order valence-electron chi connectivity index (χ0n) is 15.7. The Labute approximate surface area is 149 Å². The molecule has 0 N–H and O–H groups in total. The number of rotatable bonds is 10. The molecular formula is C19H28O6. The molecule has 0 fully saturated rings. The van der Waals surface area contributed by atoms with E-state index in [9.17, 15) is 9.59 Å². The van der Waals surface area contributed by atoms with Crippen LogP contribution in [0.5, 0.6) is 11.5 Å². The van der Waals surface area contributed by atoms with Crippen LogP contribution in [0.1, 0.15) is 60.2 Å². The highest BCUT2D eigenvalue weighted by atomic mass is 16.5. The Hall–Kier alpha value is -2.24. The Balaban J connectivity index is 3.16. The van der Waals surface area contributed by atoms with Crippen molar-refractivity contribution in [1.82, 2.24) is 0 Å². The van der Waals surface area contributed by atoms with Crippen molar-refractivity contribution >= 4 is 11.9 Å². The predicted molar refractivity (Wildman–Crippen MR) is 94.5 cm³/mol. The van der Waals surface area contributed by atoms with E-state index in [0.717, 1.165) is 25.7 Å². The van der Waals surface area contributed by atoms with Gasteiger partial charge in [-0.3, -0.25) is 0 Å². The Morgan fingerprint density at radius 1 is 0.960 bits per heavy atom. The second-order valence-electron chi connectivity index (χ2n) is 5.76. The monoisotopic (exact) mass is 352 g/mol. The number of hydrogen-bond donors (Lipinski definition) is 0. The van der Waals surface area contributed by atoms with Crippen molar-refractivity contribution in [3.05, 3.63) is 23.3 Å². The first-order chi connectivity index (χ1) is 12.0. The fourth-order valence-corrected chi connectivity index (χ4v) is 2.49. The Morgan fingerprint density at radius 2 is 1.52 bits per heavy atom. The Kier molecular flexibility index (Phi) is 8.81. The van der Waals surface area contributed by atoms with Crippen LogP contribution in [0, 0.1) is 5.92 Å². The van der Waals surface area contributed by atoms with Gasteiger partial charge in [-0.2, -0.15) is 0 Å². The zero-order valence-corrected chi connectivity index (χ0v) is 15.7. The van der Waals surface area contributed by atoms with Crippen LogP contribution in [0.15, 0.2) is 12.1 Å². The van der Waals surface area contributed by atoms with Gasteiger partial charge in [0.1, 0.15) is 22.6 Å². The predicted octanol–water partition coefficient (Wildman–Crippen LogP) is 3.86. The molecular weight excluding hydrogens is 324 g/mol. The van der Waals surface area contributed by atoms with Gasteiger partial charge < -0.3 is 18.9 Å². The summed E-state index contributed by atoms with van der Waals surface area (Å²) in [6.07, 6.45) is 4.29. The summed E-state index contributed by atoms with van der Waals surface area (Å²) in [4.78, 5) is 24.0. The first-order valence-corrected chi connectivity index (χ1v) is 8.53. The maximum atomic E-state index is 12.1. The molecule has 0 saturated carbocycles. The molecule has 0 heterocycles. The molecule has 25 heavy (non-hydrogen) atoms. The lowest BCUT2D eigenvalue weighted by Gasteiger charge is -2.18. The van der Waals surface area contributed by atoms with E-state index in [0.29, 0.717) is 18.3 Å². The van der Waals surface area contributed by atoms with Crippen molar-refractivity contribution in [3.8, 4) is 11.5 Å². The number of methoxy groups -OCH3 is 3. The lowest BCUT2D eigenvalue weighted by molar-refractivity contribution is 0.0578. The van der Waals surface area contributed by atoms with Crippen LogP contribution in [0.25, 0.3) is 0 Å². The standard InChI is InChI=1S/C19H28O6/c1-6-8-9-13(7-2)12-25-17-11-14(18(20)23-4)16(22-3)10-15(17)19(21)24-5/h10-11,13H,6-9,12H2,1-5H3. The molecule has 6 nitrogen and oxygen atoms in total. The highest BCUT2D eigenvalue weighted by molar-refractivity contribution is 5.98. The lowest BCUT2D eigenvalue weighted by atomic mass is 10.0. The molecule has 0 saturated heterocycles. The van der Waals surface area contributed by atoms with Crippen LogP contribution in [0.3, 0.4) is 0 Å². The number of carbonyl (C=O) groups is 2. The maximum Gasteiger partial charge on any atom is 0.341 e. The van der Waals surface area contributed by atoms with E-state index in [-0.39, 0.29) is 16.9 Å². The molecule has 0 bridgehead atoms. The first-order valence-electron chi connectivity index (χ1n) is 8.53. The fraction of sp³-hybridized carbons (Fsp3) is 0.579. The number of esters is 2. The minimum Gasteiger partial charge on any atom is -0.496 e. The normalized spacial score (nSPS) is 11.6. The van der Waals surface area contributed by atoms with Crippen molar-refractivity contribution in [2.45, 2.75) is 39.5 Å². The molecule has 0 aromatic heterocycles. The van der Waals surface area contributed by atoms with Gasteiger partial charge in [0, 0.05) is 0 Å². The van der Waals surface area contributed by atoms with Crippen molar-refractivity contribution in [1.29, 1.82) is 0 Å². The summed E-state index contributed by atoms with van der Waals surface area (Å²) in [5, 5.41) is 0. The summed E-state index contributed by atoms with van der Waals surface area (Å²) >= 11 is 0. The number of hydrogen-bond acceptors (Lipinski definition) is 6. The molecule has 0 aliphatic heterocycles. The molecule has 0 radical (unpaired) electrons. The molecule has 1 unspecified atom stereocenters. The van der Waals surface area contributed by atoms with E-state index in [1.165, 1.54) is 33.5 Å². The van der Waals surface area contributed by atoms with Gasteiger partial charge in [-0.15, -0.1) is 0 Å². The molecule has 6 heteroatoms. The fourth-order valence-electron chi connectivity index (χ4n) is 2.49. The van der Waals surface area contributed by atoms with Gasteiger partial charge in [0.05, 0.1) is 27.9 Å². The molecule has 0 aliphatic carbocycles.